The minimum Gasteiger partial charge on any atom is -0.412 e. The third-order valence-electron chi connectivity index (χ3n) is 0. The summed E-state index contributed by atoms with van der Waals surface area (Å²) >= 11 is 0. The molecule has 0 saturated heterocycles. The van der Waals surface area contributed by atoms with Gasteiger partial charge in [-0.25, -0.2) is 0 Å². The van der Waals surface area contributed by atoms with Crippen LogP contribution in [0.2, 0.25) is 0 Å². The van der Waals surface area contributed by atoms with Gasteiger partial charge in [0.05, 0.1) is 44.7 Å². The van der Waals surface area contributed by atoms with Crippen LogP contribution in [-0.2, 0) is 0 Å². The van der Waals surface area contributed by atoms with Gasteiger partial charge in [-0.2, -0.15) is 41.9 Å². The zero-order valence-electron chi connectivity index (χ0n) is 7.23. The molecule has 17 heteroatoms. The van der Waals surface area contributed by atoms with Gasteiger partial charge in [0.25, 0.3) is 0 Å². The molecule has 0 aromatic rings. The van der Waals surface area contributed by atoms with E-state index in [1.807, 2.05) is 0 Å². The second kappa shape index (κ2) is 12.3. The van der Waals surface area contributed by atoms with Crippen LogP contribution in [0.4, 0.5) is 0 Å². The van der Waals surface area contributed by atoms with Crippen LogP contribution in [0.5, 0.6) is 0 Å². The SMILES string of the molecule is O.[O-][Cl+3]([O-])([O-])O.[O-][Cl+3]([O-])([O-])O.[O-][Cl+3]([O-])([O-])O.[Tl]. The van der Waals surface area contributed by atoms with E-state index in [0.29, 0.717) is 0 Å². The van der Waals surface area contributed by atoms with Crippen LogP contribution in [-0.4, -0.2) is 46.8 Å². The Bertz CT molecular complexity index is 91.7. The molecule has 0 spiro atoms. The van der Waals surface area contributed by atoms with E-state index < -0.39 is 30.7 Å². The van der Waals surface area contributed by atoms with Gasteiger partial charge in [0.15, 0.2) is 0 Å². The first-order valence-corrected chi connectivity index (χ1v) is 5.69. The molecule has 13 nitrogen and oxygen atoms in total. The summed E-state index contributed by atoms with van der Waals surface area (Å²) in [6.07, 6.45) is 0. The van der Waals surface area contributed by atoms with Gasteiger partial charge in [-0.05, 0) is 0 Å². The molecule has 0 heterocycles. The molecule has 1 radical (unpaired) electrons. The molecule has 0 unspecified atom stereocenters. The minimum absolute atomic E-state index is 0. The summed E-state index contributed by atoms with van der Waals surface area (Å²) in [7, 11) is -14.1. The molecule has 0 rings (SSSR count). The van der Waals surface area contributed by atoms with Crippen molar-refractivity contribution in [2.75, 3.05) is 0 Å². The normalized spacial score (nSPS) is 10.6. The molecule has 0 saturated carbocycles. The van der Waals surface area contributed by atoms with Crippen molar-refractivity contribution < 1.29 is 92.1 Å². The summed E-state index contributed by atoms with van der Waals surface area (Å²) in [6, 6.07) is 0. The molecule has 0 aliphatic rings. The first-order chi connectivity index (χ1) is 6.00. The summed E-state index contributed by atoms with van der Waals surface area (Å²) in [4.78, 5) is 0. The second-order valence-corrected chi connectivity index (χ2v) is 3.56. The van der Waals surface area contributed by atoms with Gasteiger partial charge in [-0.1, -0.05) is 0 Å². The predicted octanol–water partition coefficient (Wildman–Crippen LogP) is -13.6. The Labute approximate surface area is 119 Å². The topological polar surface area (TPSA) is 300 Å². The van der Waals surface area contributed by atoms with Crippen molar-refractivity contribution in [3.8, 4) is 0 Å². The monoisotopic (exact) mass is 523 g/mol. The molecule has 0 amide bonds. The largest absolute Gasteiger partial charge is 0.412 e. The summed E-state index contributed by atoms with van der Waals surface area (Å²) in [6.45, 7) is 0. The van der Waals surface area contributed by atoms with E-state index in [1.54, 1.807) is 0 Å². The first kappa shape index (κ1) is 30.9. The number of hydrogen-bond donors (Lipinski definition) is 3. The van der Waals surface area contributed by atoms with E-state index in [1.165, 1.54) is 0 Å². The molecule has 0 aromatic heterocycles. The van der Waals surface area contributed by atoms with Crippen LogP contribution in [0.25, 0.3) is 0 Å². The van der Waals surface area contributed by atoms with Crippen LogP contribution >= 0.6 is 0 Å². The van der Waals surface area contributed by atoms with E-state index in [2.05, 4.69) is 0 Å². The molecule has 17 heavy (non-hydrogen) atoms. The van der Waals surface area contributed by atoms with E-state index in [9.17, 15) is 0 Å². The van der Waals surface area contributed by atoms with Crippen LogP contribution in [0, 0.1) is 30.7 Å². The third kappa shape index (κ3) is 2490. The Balaban J connectivity index is -0.0000000400. The van der Waals surface area contributed by atoms with Crippen molar-refractivity contribution in [2.24, 2.45) is 0 Å². The smallest absolute Gasteiger partial charge is 0.0777 e. The molecule has 0 aromatic carbocycles. The minimum atomic E-state index is -4.69. The molecule has 0 bridgehead atoms. The summed E-state index contributed by atoms with van der Waals surface area (Å²) in [5.41, 5.74) is 0. The van der Waals surface area contributed by atoms with E-state index >= 15 is 0 Å². The number of rotatable bonds is 0. The van der Waals surface area contributed by atoms with Gasteiger partial charge in [0, 0.05) is 27.3 Å². The molecule has 0 aliphatic carbocycles. The molecule has 107 valence electrons. The van der Waals surface area contributed by atoms with Crippen molar-refractivity contribution >= 4 is 27.3 Å². The Morgan fingerprint density at radius 1 is 0.471 bits per heavy atom. The molecular formula is H5Cl3O13Tl. The fourth-order valence-electron chi connectivity index (χ4n) is 0. The Kier molecular flexibility index (Phi) is 22.4. The van der Waals surface area contributed by atoms with Gasteiger partial charge >= 0.3 is 0 Å². The maximum Gasteiger partial charge on any atom is 0.0777 e. The van der Waals surface area contributed by atoms with Crippen molar-refractivity contribution in [3.05, 3.63) is 0 Å². The van der Waals surface area contributed by atoms with E-state index in [4.69, 9.17) is 55.9 Å². The van der Waals surface area contributed by atoms with Crippen molar-refractivity contribution in [2.45, 2.75) is 0 Å². The van der Waals surface area contributed by atoms with E-state index in [-0.39, 0.29) is 32.8 Å². The van der Waals surface area contributed by atoms with Gasteiger partial charge in [-0.15, -0.1) is 0 Å². The quantitative estimate of drug-likeness (QED) is 0.249. The van der Waals surface area contributed by atoms with Crippen molar-refractivity contribution in [3.63, 3.8) is 0 Å². The van der Waals surface area contributed by atoms with Crippen LogP contribution in [0.3, 0.4) is 0 Å². The predicted molar refractivity (Wildman–Crippen MR) is 16.0 cm³/mol. The maximum atomic E-state index is 8.60. The molecular weight excluding hydrogens is 519 g/mol. The van der Waals surface area contributed by atoms with Crippen molar-refractivity contribution in [1.29, 1.82) is 0 Å². The average molecular weight is 524 g/mol. The second-order valence-electron chi connectivity index (χ2n) is 1.19. The summed E-state index contributed by atoms with van der Waals surface area (Å²) < 4.78 is 98.2. The molecule has 0 atom stereocenters. The Hall–Kier alpha value is 1.27. The van der Waals surface area contributed by atoms with Gasteiger partial charge in [0.2, 0.25) is 0 Å². The molecule has 0 fully saturated rings. The number of hydrogen-bond acceptors (Lipinski definition) is 12. The fraction of sp³-hybridized carbons (Fsp3) is 0. The molecule has 5 N–H and O–H groups in total. The van der Waals surface area contributed by atoms with Gasteiger partial charge < -0.3 is 5.48 Å². The first-order valence-electron chi connectivity index (χ1n) is 1.90. The van der Waals surface area contributed by atoms with Crippen LogP contribution in [0.1, 0.15) is 0 Å². The fourth-order valence-corrected chi connectivity index (χ4v) is 0. The molecule has 0 aliphatic heterocycles. The van der Waals surface area contributed by atoms with Crippen LogP contribution in [0.15, 0.2) is 0 Å². The van der Waals surface area contributed by atoms with E-state index in [0.717, 1.165) is 0 Å². The Morgan fingerprint density at radius 3 is 0.471 bits per heavy atom. The van der Waals surface area contributed by atoms with Gasteiger partial charge in [0.1, 0.15) is 0 Å². The maximum absolute atomic E-state index is 8.60. The van der Waals surface area contributed by atoms with Crippen LogP contribution < -0.4 is 41.9 Å². The summed E-state index contributed by atoms with van der Waals surface area (Å²) in [5, 5.41) is 0. The third-order valence-corrected chi connectivity index (χ3v) is 0. The Morgan fingerprint density at radius 2 is 0.471 bits per heavy atom. The van der Waals surface area contributed by atoms with Gasteiger partial charge in [-0.3, -0.25) is 0 Å². The zero-order chi connectivity index (χ0) is 13.5. The average Bonchev–Trinajstić information content (AvgIpc) is 1.41. The number of halogens is 3. The van der Waals surface area contributed by atoms with Crippen molar-refractivity contribution in [1.82, 2.24) is 0 Å². The standard InChI is InChI=1S/3ClHO4.H2O.Tl/c3*2-1(3,4)5;;/h3*(H,2,3,4,5);1H2;. The zero-order valence-corrected chi connectivity index (χ0v) is 14.0. The summed E-state index contributed by atoms with van der Waals surface area (Å²) in [5.74, 6) is 0.